The van der Waals surface area contributed by atoms with Gasteiger partial charge < -0.3 is 22.1 Å². The fourth-order valence-electron chi connectivity index (χ4n) is 3.34. The lowest BCUT2D eigenvalue weighted by atomic mass is 9.91. The summed E-state index contributed by atoms with van der Waals surface area (Å²) in [6.07, 6.45) is 7.30. The molecule has 11 heteroatoms. The molecule has 0 unspecified atom stereocenters. The van der Waals surface area contributed by atoms with Gasteiger partial charge in [0.1, 0.15) is 5.82 Å². The van der Waals surface area contributed by atoms with Crippen LogP contribution in [0.15, 0.2) is 36.7 Å². The first-order chi connectivity index (χ1) is 14.1. The molecule has 0 aromatic carbocycles. The number of nitrogens with zero attached hydrogens (tertiary/aromatic N) is 6. The summed E-state index contributed by atoms with van der Waals surface area (Å²) in [5, 5.41) is 22.6. The zero-order chi connectivity index (χ0) is 20.2. The fourth-order valence-corrected chi connectivity index (χ4v) is 3.34. The molecule has 1 aliphatic carbocycles. The molecule has 6 N–H and O–H groups in total. The fraction of sp³-hybridized carbons (Fsp3) is 0.333. The predicted octanol–water partition coefficient (Wildman–Crippen LogP) is 0.977. The van der Waals surface area contributed by atoms with Gasteiger partial charge in [-0.15, -0.1) is 15.0 Å². The van der Waals surface area contributed by atoms with E-state index in [1.165, 1.54) is 4.80 Å². The van der Waals surface area contributed by atoms with E-state index in [9.17, 15) is 4.79 Å². The first kappa shape index (κ1) is 18.7. The molecule has 4 rings (SSSR count). The van der Waals surface area contributed by atoms with E-state index in [2.05, 4.69) is 36.0 Å². The molecule has 0 spiro atoms. The summed E-state index contributed by atoms with van der Waals surface area (Å²) in [5.41, 5.74) is 12.1. The third kappa shape index (κ3) is 4.29. The Morgan fingerprint density at radius 2 is 1.90 bits per heavy atom. The van der Waals surface area contributed by atoms with Crippen LogP contribution in [-0.2, 0) is 0 Å². The molecule has 29 heavy (non-hydrogen) atoms. The molecule has 1 saturated carbocycles. The highest BCUT2D eigenvalue weighted by Crippen LogP contribution is 2.24. The highest BCUT2D eigenvalue weighted by molar-refractivity contribution is 5.97. The van der Waals surface area contributed by atoms with Crippen LogP contribution in [0.4, 0.5) is 17.3 Å². The normalized spacial score (nSPS) is 18.9. The SMILES string of the molecule is NC(=O)c1nnc(N[C@@H]2CCCC[C@@H]2N)cc1Nc1cccc(-n2nccn2)n1. The molecule has 11 nitrogen and oxygen atoms in total. The maximum atomic E-state index is 11.8. The first-order valence-electron chi connectivity index (χ1n) is 9.40. The van der Waals surface area contributed by atoms with E-state index in [1.54, 1.807) is 36.7 Å². The largest absolute Gasteiger partial charge is 0.364 e. The van der Waals surface area contributed by atoms with Gasteiger partial charge in [-0.05, 0) is 25.0 Å². The Morgan fingerprint density at radius 1 is 1.10 bits per heavy atom. The van der Waals surface area contributed by atoms with Crippen LogP contribution in [0.3, 0.4) is 0 Å². The van der Waals surface area contributed by atoms with Crippen molar-refractivity contribution in [3.05, 3.63) is 42.4 Å². The third-order valence-electron chi connectivity index (χ3n) is 4.80. The first-order valence-corrected chi connectivity index (χ1v) is 9.40. The highest BCUT2D eigenvalue weighted by atomic mass is 16.1. The molecule has 3 heterocycles. The lowest BCUT2D eigenvalue weighted by molar-refractivity contribution is 0.0995. The number of amides is 1. The van der Waals surface area contributed by atoms with Crippen molar-refractivity contribution >= 4 is 23.2 Å². The molecule has 1 amide bonds. The second-order valence-corrected chi connectivity index (χ2v) is 6.88. The van der Waals surface area contributed by atoms with Gasteiger partial charge in [-0.2, -0.15) is 10.2 Å². The van der Waals surface area contributed by atoms with Gasteiger partial charge in [0, 0.05) is 18.2 Å². The Balaban J connectivity index is 1.60. The number of nitrogens with one attached hydrogen (secondary N) is 2. The van der Waals surface area contributed by atoms with Gasteiger partial charge in [0.15, 0.2) is 17.3 Å². The van der Waals surface area contributed by atoms with Crippen LogP contribution in [-0.4, -0.2) is 48.2 Å². The average molecular weight is 394 g/mol. The van der Waals surface area contributed by atoms with Gasteiger partial charge >= 0.3 is 0 Å². The molecule has 0 aliphatic heterocycles. The van der Waals surface area contributed by atoms with Crippen LogP contribution >= 0.6 is 0 Å². The van der Waals surface area contributed by atoms with E-state index in [0.717, 1.165) is 25.7 Å². The summed E-state index contributed by atoms with van der Waals surface area (Å²) in [5.74, 6) is 0.834. The van der Waals surface area contributed by atoms with Crippen LogP contribution in [0.2, 0.25) is 0 Å². The van der Waals surface area contributed by atoms with E-state index < -0.39 is 5.91 Å². The van der Waals surface area contributed by atoms with E-state index in [0.29, 0.717) is 23.1 Å². The second kappa shape index (κ2) is 8.19. The minimum atomic E-state index is -0.689. The van der Waals surface area contributed by atoms with Gasteiger partial charge in [-0.3, -0.25) is 4.79 Å². The number of carbonyl (C=O) groups excluding carboxylic acids is 1. The van der Waals surface area contributed by atoms with Crippen LogP contribution in [0, 0.1) is 0 Å². The molecule has 2 atom stereocenters. The molecular formula is C18H22N10O. The Kier molecular flexibility index (Phi) is 5.29. The van der Waals surface area contributed by atoms with Crippen molar-refractivity contribution in [3.63, 3.8) is 0 Å². The van der Waals surface area contributed by atoms with Crippen molar-refractivity contribution in [1.29, 1.82) is 0 Å². The summed E-state index contributed by atoms with van der Waals surface area (Å²) < 4.78 is 0. The molecule has 0 bridgehead atoms. The van der Waals surface area contributed by atoms with E-state index in [4.69, 9.17) is 11.5 Å². The summed E-state index contributed by atoms with van der Waals surface area (Å²) in [7, 11) is 0. The minimum Gasteiger partial charge on any atom is -0.364 e. The zero-order valence-electron chi connectivity index (χ0n) is 15.7. The third-order valence-corrected chi connectivity index (χ3v) is 4.80. The number of anilines is 3. The van der Waals surface area contributed by atoms with Crippen LogP contribution in [0.1, 0.15) is 36.2 Å². The maximum Gasteiger partial charge on any atom is 0.271 e. The molecule has 150 valence electrons. The Bertz CT molecular complexity index is 990. The van der Waals surface area contributed by atoms with Crippen molar-refractivity contribution in [3.8, 4) is 5.82 Å². The van der Waals surface area contributed by atoms with E-state index in [-0.39, 0.29) is 17.8 Å². The molecule has 3 aromatic rings. The van der Waals surface area contributed by atoms with Crippen LogP contribution < -0.4 is 22.1 Å². The Hall–Kier alpha value is -3.60. The van der Waals surface area contributed by atoms with Crippen molar-refractivity contribution in [2.45, 2.75) is 37.8 Å². The predicted molar refractivity (Wildman–Crippen MR) is 107 cm³/mol. The molecule has 0 radical (unpaired) electrons. The number of rotatable bonds is 6. The standard InChI is InChI=1S/C18H22N10O/c19-11-4-1-2-5-12(11)23-15-10-13(17(18(20)29)27-26-15)24-14-6-3-7-16(25-14)28-21-8-9-22-28/h3,6-12H,1-2,4-5,19H2,(H2,20,29)(H2,23,24,25,26)/t11-,12+/m0/s1. The number of pyridine rings is 1. The van der Waals surface area contributed by atoms with Gasteiger partial charge in [0.25, 0.3) is 5.91 Å². The lowest BCUT2D eigenvalue weighted by Gasteiger charge is -2.29. The van der Waals surface area contributed by atoms with E-state index in [1.807, 2.05) is 0 Å². The number of hydrogen-bond donors (Lipinski definition) is 4. The summed E-state index contributed by atoms with van der Waals surface area (Å²) in [4.78, 5) is 17.7. The van der Waals surface area contributed by atoms with Gasteiger partial charge in [0.05, 0.1) is 18.1 Å². The minimum absolute atomic E-state index is 0.0212. The highest BCUT2D eigenvalue weighted by Gasteiger charge is 2.23. The molecule has 3 aromatic heterocycles. The van der Waals surface area contributed by atoms with Crippen molar-refractivity contribution < 1.29 is 4.79 Å². The van der Waals surface area contributed by atoms with Gasteiger partial charge in [-0.25, -0.2) is 4.98 Å². The van der Waals surface area contributed by atoms with Crippen molar-refractivity contribution in [2.75, 3.05) is 10.6 Å². The van der Waals surface area contributed by atoms with Crippen molar-refractivity contribution in [1.82, 2.24) is 30.2 Å². The maximum absolute atomic E-state index is 11.8. The Labute approximate surface area is 166 Å². The number of nitrogens with two attached hydrogens (primary N) is 2. The summed E-state index contributed by atoms with van der Waals surface area (Å²) in [6, 6.07) is 7.17. The average Bonchev–Trinajstić information content (AvgIpc) is 3.25. The van der Waals surface area contributed by atoms with Crippen LogP contribution in [0.5, 0.6) is 0 Å². The second-order valence-electron chi connectivity index (χ2n) is 6.88. The van der Waals surface area contributed by atoms with Gasteiger partial charge in [-0.1, -0.05) is 18.9 Å². The quantitative estimate of drug-likeness (QED) is 0.477. The molecule has 0 saturated heterocycles. The monoisotopic (exact) mass is 394 g/mol. The van der Waals surface area contributed by atoms with Crippen molar-refractivity contribution in [2.24, 2.45) is 11.5 Å². The molecular weight excluding hydrogens is 372 g/mol. The smallest absolute Gasteiger partial charge is 0.271 e. The lowest BCUT2D eigenvalue weighted by Crippen LogP contribution is -2.42. The summed E-state index contributed by atoms with van der Waals surface area (Å²) in [6.45, 7) is 0. The Morgan fingerprint density at radius 3 is 2.66 bits per heavy atom. The number of hydrogen-bond acceptors (Lipinski definition) is 9. The van der Waals surface area contributed by atoms with Gasteiger partial charge in [0.2, 0.25) is 0 Å². The molecule has 1 fully saturated rings. The number of primary amides is 1. The number of aromatic nitrogens is 6. The topological polar surface area (TPSA) is 163 Å². The van der Waals surface area contributed by atoms with Crippen LogP contribution in [0.25, 0.3) is 5.82 Å². The summed E-state index contributed by atoms with van der Waals surface area (Å²) >= 11 is 0. The number of carbonyl (C=O) groups is 1. The van der Waals surface area contributed by atoms with E-state index >= 15 is 0 Å². The zero-order valence-corrected chi connectivity index (χ0v) is 15.7. The molecule has 1 aliphatic rings.